The second-order valence-electron chi connectivity index (χ2n) is 3.88. The lowest BCUT2D eigenvalue weighted by atomic mass is 10.1. The Kier molecular flexibility index (Phi) is 4.68. The van der Waals surface area contributed by atoms with E-state index in [4.69, 9.17) is 5.73 Å². The van der Waals surface area contributed by atoms with Gasteiger partial charge in [-0.1, -0.05) is 19.1 Å². The van der Waals surface area contributed by atoms with Gasteiger partial charge >= 0.3 is 0 Å². The van der Waals surface area contributed by atoms with Crippen molar-refractivity contribution in [1.82, 2.24) is 0 Å². The van der Waals surface area contributed by atoms with E-state index in [-0.39, 0.29) is 12.6 Å². The van der Waals surface area contributed by atoms with Gasteiger partial charge in [0.1, 0.15) is 0 Å². The van der Waals surface area contributed by atoms with Gasteiger partial charge in [-0.3, -0.25) is 0 Å². The molecule has 0 aliphatic rings. The van der Waals surface area contributed by atoms with Gasteiger partial charge in [-0.25, -0.2) is 8.78 Å². The summed E-state index contributed by atoms with van der Waals surface area (Å²) >= 11 is 0. The molecule has 2 nitrogen and oxygen atoms in total. The molecule has 16 heavy (non-hydrogen) atoms. The van der Waals surface area contributed by atoms with Crippen molar-refractivity contribution < 1.29 is 8.78 Å². The van der Waals surface area contributed by atoms with Crippen LogP contribution < -0.4 is 10.6 Å². The number of rotatable bonds is 5. The van der Waals surface area contributed by atoms with E-state index in [1.165, 1.54) is 4.90 Å². The summed E-state index contributed by atoms with van der Waals surface area (Å²) in [7, 11) is 1.65. The van der Waals surface area contributed by atoms with Gasteiger partial charge in [0.2, 0.25) is 0 Å². The van der Waals surface area contributed by atoms with Gasteiger partial charge in [-0.05, 0) is 24.1 Å². The maximum atomic E-state index is 12.2. The lowest BCUT2D eigenvalue weighted by Crippen LogP contribution is -2.23. The smallest absolute Gasteiger partial charge is 0.255 e. The Morgan fingerprint density at radius 2 is 1.81 bits per heavy atom. The highest BCUT2D eigenvalue weighted by Crippen LogP contribution is 2.19. The van der Waals surface area contributed by atoms with Gasteiger partial charge < -0.3 is 10.6 Å². The van der Waals surface area contributed by atoms with Gasteiger partial charge in [0.15, 0.2) is 0 Å². The first-order chi connectivity index (χ1) is 7.54. The highest BCUT2D eigenvalue weighted by molar-refractivity contribution is 5.47. The second-order valence-corrected chi connectivity index (χ2v) is 3.88. The normalized spacial score (nSPS) is 12.9. The summed E-state index contributed by atoms with van der Waals surface area (Å²) in [6.45, 7) is 1.76. The molecule has 0 aliphatic carbocycles. The number of hydrogen-bond donors (Lipinski definition) is 1. The molecule has 0 amide bonds. The van der Waals surface area contributed by atoms with Crippen LogP contribution in [0.1, 0.15) is 24.9 Å². The fraction of sp³-hybridized carbons (Fsp3) is 0.500. The quantitative estimate of drug-likeness (QED) is 0.839. The second kappa shape index (κ2) is 5.80. The van der Waals surface area contributed by atoms with E-state index in [0.29, 0.717) is 0 Å². The van der Waals surface area contributed by atoms with Crippen molar-refractivity contribution in [3.8, 4) is 0 Å². The predicted molar refractivity (Wildman–Crippen MR) is 62.9 cm³/mol. The van der Waals surface area contributed by atoms with Crippen molar-refractivity contribution in [2.24, 2.45) is 5.73 Å². The van der Waals surface area contributed by atoms with Crippen molar-refractivity contribution in [2.75, 3.05) is 18.5 Å². The first-order valence-corrected chi connectivity index (χ1v) is 5.39. The van der Waals surface area contributed by atoms with E-state index in [1.807, 2.05) is 31.2 Å². The van der Waals surface area contributed by atoms with Crippen LogP contribution in [0.15, 0.2) is 24.3 Å². The van der Waals surface area contributed by atoms with E-state index < -0.39 is 6.43 Å². The molecule has 1 unspecified atom stereocenters. The standard InChI is InChI=1S/C12H18F2N2/c1-3-11(15)9-4-6-10(7-5-9)16(2)8-12(13)14/h4-7,11-12H,3,8,15H2,1-2H3. The molecule has 0 spiro atoms. The Balaban J connectivity index is 2.70. The SMILES string of the molecule is CCC(N)c1ccc(N(C)CC(F)F)cc1. The number of benzene rings is 1. The summed E-state index contributed by atoms with van der Waals surface area (Å²) in [5.74, 6) is 0. The molecule has 0 aliphatic heterocycles. The minimum atomic E-state index is -2.32. The van der Waals surface area contributed by atoms with Crippen molar-refractivity contribution in [2.45, 2.75) is 25.8 Å². The number of nitrogens with two attached hydrogens (primary N) is 1. The van der Waals surface area contributed by atoms with Crippen molar-refractivity contribution >= 4 is 5.69 Å². The highest BCUT2D eigenvalue weighted by atomic mass is 19.3. The van der Waals surface area contributed by atoms with Crippen LogP contribution >= 0.6 is 0 Å². The average Bonchev–Trinajstić information content (AvgIpc) is 2.27. The Bertz CT molecular complexity index is 311. The fourth-order valence-electron chi connectivity index (χ4n) is 1.52. The van der Waals surface area contributed by atoms with Crippen LogP contribution in [-0.4, -0.2) is 20.0 Å². The molecule has 0 saturated heterocycles. The van der Waals surface area contributed by atoms with Crippen LogP contribution in [0, 0.1) is 0 Å². The number of anilines is 1. The molecular formula is C12H18F2N2. The first kappa shape index (κ1) is 12.9. The maximum absolute atomic E-state index is 12.2. The van der Waals surface area contributed by atoms with E-state index in [9.17, 15) is 8.78 Å². The summed E-state index contributed by atoms with van der Waals surface area (Å²) in [5, 5.41) is 0. The molecular weight excluding hydrogens is 210 g/mol. The van der Waals surface area contributed by atoms with E-state index >= 15 is 0 Å². The third kappa shape index (κ3) is 3.45. The maximum Gasteiger partial charge on any atom is 0.255 e. The Morgan fingerprint density at radius 3 is 2.25 bits per heavy atom. The lowest BCUT2D eigenvalue weighted by molar-refractivity contribution is 0.156. The number of nitrogens with zero attached hydrogens (tertiary/aromatic N) is 1. The van der Waals surface area contributed by atoms with Crippen LogP contribution in [-0.2, 0) is 0 Å². The first-order valence-electron chi connectivity index (χ1n) is 5.39. The van der Waals surface area contributed by atoms with Crippen molar-refractivity contribution in [3.63, 3.8) is 0 Å². The molecule has 0 heterocycles. The molecule has 0 bridgehead atoms. The summed E-state index contributed by atoms with van der Waals surface area (Å²) in [5.41, 5.74) is 7.69. The van der Waals surface area contributed by atoms with Gasteiger partial charge in [-0.15, -0.1) is 0 Å². The molecule has 4 heteroatoms. The van der Waals surface area contributed by atoms with Crippen LogP contribution in [0.4, 0.5) is 14.5 Å². The molecule has 0 saturated carbocycles. The molecule has 1 rings (SSSR count). The predicted octanol–water partition coefficient (Wildman–Crippen LogP) is 2.80. The van der Waals surface area contributed by atoms with Gasteiger partial charge in [0.05, 0.1) is 6.54 Å². The molecule has 2 N–H and O–H groups in total. The molecule has 1 aromatic rings. The number of alkyl halides is 2. The Hall–Kier alpha value is -1.16. The zero-order chi connectivity index (χ0) is 12.1. The largest absolute Gasteiger partial charge is 0.369 e. The van der Waals surface area contributed by atoms with Gasteiger partial charge in [0, 0.05) is 18.8 Å². The van der Waals surface area contributed by atoms with E-state index in [2.05, 4.69) is 0 Å². The molecule has 1 aromatic carbocycles. The fourth-order valence-corrected chi connectivity index (χ4v) is 1.52. The monoisotopic (exact) mass is 228 g/mol. The third-order valence-corrected chi connectivity index (χ3v) is 2.61. The summed E-state index contributed by atoms with van der Waals surface area (Å²) < 4.78 is 24.3. The average molecular weight is 228 g/mol. The van der Waals surface area contributed by atoms with Crippen LogP contribution in [0.2, 0.25) is 0 Å². The molecule has 0 aromatic heterocycles. The molecule has 0 radical (unpaired) electrons. The number of hydrogen-bond acceptors (Lipinski definition) is 2. The minimum Gasteiger partial charge on any atom is -0.369 e. The van der Waals surface area contributed by atoms with Crippen LogP contribution in [0.3, 0.4) is 0 Å². The lowest BCUT2D eigenvalue weighted by Gasteiger charge is -2.19. The third-order valence-electron chi connectivity index (χ3n) is 2.61. The zero-order valence-corrected chi connectivity index (χ0v) is 9.66. The highest BCUT2D eigenvalue weighted by Gasteiger charge is 2.09. The zero-order valence-electron chi connectivity index (χ0n) is 9.66. The number of halogens is 2. The van der Waals surface area contributed by atoms with Crippen molar-refractivity contribution in [3.05, 3.63) is 29.8 Å². The van der Waals surface area contributed by atoms with Crippen molar-refractivity contribution in [1.29, 1.82) is 0 Å². The summed E-state index contributed by atoms with van der Waals surface area (Å²) in [6.07, 6.45) is -1.45. The summed E-state index contributed by atoms with van der Waals surface area (Å²) in [4.78, 5) is 1.53. The molecule has 0 fully saturated rings. The van der Waals surface area contributed by atoms with Crippen LogP contribution in [0.25, 0.3) is 0 Å². The topological polar surface area (TPSA) is 29.3 Å². The van der Waals surface area contributed by atoms with Gasteiger partial charge in [-0.2, -0.15) is 0 Å². The van der Waals surface area contributed by atoms with Gasteiger partial charge in [0.25, 0.3) is 6.43 Å². The molecule has 1 atom stereocenters. The van der Waals surface area contributed by atoms with Crippen LogP contribution in [0.5, 0.6) is 0 Å². The summed E-state index contributed by atoms with van der Waals surface area (Å²) in [6, 6.07) is 7.46. The minimum absolute atomic E-state index is 0.0226. The Morgan fingerprint density at radius 1 is 1.25 bits per heavy atom. The Labute approximate surface area is 95.1 Å². The van der Waals surface area contributed by atoms with E-state index in [0.717, 1.165) is 17.7 Å². The van der Waals surface area contributed by atoms with E-state index in [1.54, 1.807) is 7.05 Å². The molecule has 90 valence electrons.